The molecule has 0 aliphatic heterocycles. The van der Waals surface area contributed by atoms with Gasteiger partial charge in [0.05, 0.1) is 17.4 Å². The number of nitro groups is 1. The number of aromatic nitrogens is 1. The third-order valence-corrected chi connectivity index (χ3v) is 2.10. The zero-order chi connectivity index (χ0) is 12.8. The minimum atomic E-state index is -0.604. The van der Waals surface area contributed by atoms with Crippen LogP contribution in [0.2, 0.25) is 0 Å². The first-order valence-corrected chi connectivity index (χ1v) is 4.72. The minimum absolute atomic E-state index is 0.125. The van der Waals surface area contributed by atoms with Crippen LogP contribution < -0.4 is 4.90 Å². The second-order valence-corrected chi connectivity index (χ2v) is 3.26. The molecule has 0 amide bonds. The molecule has 0 aliphatic rings. The maximum absolute atomic E-state index is 10.5. The maximum atomic E-state index is 10.5. The number of hydrogen-bond donors (Lipinski definition) is 0. The van der Waals surface area contributed by atoms with Gasteiger partial charge in [-0.2, -0.15) is 10.5 Å². The summed E-state index contributed by atoms with van der Waals surface area (Å²) in [6.45, 7) is 0.413. The molecule has 0 atom stereocenters. The molecule has 0 fully saturated rings. The molecule has 0 aromatic carbocycles. The van der Waals surface area contributed by atoms with Crippen molar-refractivity contribution < 1.29 is 4.92 Å². The van der Waals surface area contributed by atoms with E-state index in [4.69, 9.17) is 10.5 Å². The molecular formula is C10H9N5O2. The van der Waals surface area contributed by atoms with Crippen molar-refractivity contribution in [2.45, 2.75) is 6.42 Å². The van der Waals surface area contributed by atoms with Gasteiger partial charge in [-0.1, -0.05) is 0 Å². The van der Waals surface area contributed by atoms with Gasteiger partial charge in [-0.3, -0.25) is 10.1 Å². The van der Waals surface area contributed by atoms with Crippen LogP contribution in [-0.2, 0) is 0 Å². The van der Waals surface area contributed by atoms with Crippen molar-refractivity contribution in [3.63, 3.8) is 0 Å². The Balaban J connectivity index is 3.06. The van der Waals surface area contributed by atoms with Gasteiger partial charge in [-0.25, -0.2) is 4.98 Å². The Morgan fingerprint density at radius 3 is 2.82 bits per heavy atom. The van der Waals surface area contributed by atoms with E-state index in [2.05, 4.69) is 4.98 Å². The van der Waals surface area contributed by atoms with Crippen LogP contribution in [0.5, 0.6) is 0 Å². The minimum Gasteiger partial charge on any atom is -0.358 e. The first-order valence-electron chi connectivity index (χ1n) is 4.72. The van der Waals surface area contributed by atoms with Crippen molar-refractivity contribution in [3.05, 3.63) is 27.9 Å². The molecular weight excluding hydrogens is 222 g/mol. The number of nitrogens with zero attached hydrogens (tertiary/aromatic N) is 5. The molecule has 1 rings (SSSR count). The fourth-order valence-electron chi connectivity index (χ4n) is 1.26. The average molecular weight is 231 g/mol. The fraction of sp³-hybridized carbons (Fsp3) is 0.300. The van der Waals surface area contributed by atoms with Crippen LogP contribution in [0.25, 0.3) is 0 Å². The Morgan fingerprint density at radius 2 is 2.29 bits per heavy atom. The van der Waals surface area contributed by atoms with Gasteiger partial charge in [-0.05, 0) is 0 Å². The number of pyridine rings is 1. The molecule has 1 aromatic heterocycles. The third-order valence-electron chi connectivity index (χ3n) is 2.10. The van der Waals surface area contributed by atoms with Crippen molar-refractivity contribution in [2.24, 2.45) is 0 Å². The molecule has 86 valence electrons. The van der Waals surface area contributed by atoms with Crippen LogP contribution >= 0.6 is 0 Å². The lowest BCUT2D eigenvalue weighted by molar-refractivity contribution is -0.385. The molecule has 1 heterocycles. The summed E-state index contributed by atoms with van der Waals surface area (Å²) in [4.78, 5) is 15.4. The van der Waals surface area contributed by atoms with Crippen molar-refractivity contribution in [1.82, 2.24) is 4.98 Å². The molecule has 1 aromatic rings. The zero-order valence-corrected chi connectivity index (χ0v) is 9.12. The lowest BCUT2D eigenvalue weighted by atomic mass is 10.2. The van der Waals surface area contributed by atoms with Gasteiger partial charge in [-0.15, -0.1) is 0 Å². The van der Waals surface area contributed by atoms with Gasteiger partial charge < -0.3 is 4.90 Å². The Morgan fingerprint density at radius 1 is 1.59 bits per heavy atom. The largest absolute Gasteiger partial charge is 0.358 e. The van der Waals surface area contributed by atoms with Gasteiger partial charge >= 0.3 is 0 Å². The molecule has 0 N–H and O–H groups in total. The summed E-state index contributed by atoms with van der Waals surface area (Å²) in [6, 6.07) is 5.00. The summed E-state index contributed by atoms with van der Waals surface area (Å²) in [7, 11) is 1.67. The summed E-state index contributed by atoms with van der Waals surface area (Å²) >= 11 is 0. The van der Waals surface area contributed by atoms with Crippen molar-refractivity contribution in [1.29, 1.82) is 10.5 Å². The average Bonchev–Trinajstić information content (AvgIpc) is 2.34. The highest BCUT2D eigenvalue weighted by Gasteiger charge is 2.14. The van der Waals surface area contributed by atoms with Crippen LogP contribution in [0.4, 0.5) is 11.5 Å². The summed E-state index contributed by atoms with van der Waals surface area (Å²) in [5, 5.41) is 27.9. The SMILES string of the molecule is CN(CCC#N)c1ncc([N+](=O)[O-])cc1C#N. The van der Waals surface area contributed by atoms with Crippen LogP contribution in [0.3, 0.4) is 0 Å². The topological polar surface area (TPSA) is 107 Å². The van der Waals surface area contributed by atoms with E-state index in [-0.39, 0.29) is 11.3 Å². The van der Waals surface area contributed by atoms with Crippen LogP contribution in [0, 0.1) is 32.8 Å². The smallest absolute Gasteiger partial charge is 0.289 e. The first-order chi connectivity index (χ1) is 8.10. The summed E-state index contributed by atoms with van der Waals surface area (Å²) in [5.41, 5.74) is -0.0985. The Bertz CT molecular complexity index is 514. The van der Waals surface area contributed by atoms with E-state index in [9.17, 15) is 10.1 Å². The molecule has 7 heteroatoms. The highest BCUT2D eigenvalue weighted by molar-refractivity contribution is 5.56. The second-order valence-electron chi connectivity index (χ2n) is 3.26. The molecule has 7 nitrogen and oxygen atoms in total. The van der Waals surface area contributed by atoms with Crippen LogP contribution in [0.1, 0.15) is 12.0 Å². The molecule has 0 radical (unpaired) electrons. The standard InChI is InChI=1S/C10H9N5O2/c1-14(4-2-3-11)10-8(6-12)5-9(7-13-10)15(16)17/h5,7H,2,4H2,1H3. The molecule has 0 unspecified atom stereocenters. The number of anilines is 1. The van der Waals surface area contributed by atoms with Crippen molar-refractivity contribution in [2.75, 3.05) is 18.5 Å². The van der Waals surface area contributed by atoms with Gasteiger partial charge in [0.15, 0.2) is 0 Å². The lowest BCUT2D eigenvalue weighted by Gasteiger charge is -2.16. The van der Waals surface area contributed by atoms with Crippen molar-refractivity contribution in [3.8, 4) is 12.1 Å². The van der Waals surface area contributed by atoms with E-state index in [1.807, 2.05) is 12.1 Å². The third kappa shape index (κ3) is 2.89. The van der Waals surface area contributed by atoms with E-state index in [0.717, 1.165) is 6.20 Å². The van der Waals surface area contributed by atoms with E-state index < -0.39 is 4.92 Å². The fourth-order valence-corrected chi connectivity index (χ4v) is 1.26. The predicted molar refractivity (Wildman–Crippen MR) is 59.1 cm³/mol. The Hall–Kier alpha value is -2.67. The van der Waals surface area contributed by atoms with E-state index in [0.29, 0.717) is 18.8 Å². The van der Waals surface area contributed by atoms with Gasteiger partial charge in [0.2, 0.25) is 0 Å². The van der Waals surface area contributed by atoms with E-state index >= 15 is 0 Å². The van der Waals surface area contributed by atoms with Gasteiger partial charge in [0.25, 0.3) is 5.69 Å². The number of hydrogen-bond acceptors (Lipinski definition) is 6. The molecule has 0 bridgehead atoms. The van der Waals surface area contributed by atoms with E-state index in [1.165, 1.54) is 6.07 Å². The monoisotopic (exact) mass is 231 g/mol. The highest BCUT2D eigenvalue weighted by Crippen LogP contribution is 2.20. The summed E-state index contributed by atoms with van der Waals surface area (Å²) in [5.74, 6) is 0.341. The first kappa shape index (κ1) is 12.4. The maximum Gasteiger partial charge on any atom is 0.289 e. The quantitative estimate of drug-likeness (QED) is 0.569. The van der Waals surface area contributed by atoms with E-state index in [1.54, 1.807) is 11.9 Å². The normalized spacial score (nSPS) is 9.12. The molecule has 0 spiro atoms. The predicted octanol–water partition coefficient (Wildman–Crippen LogP) is 1.21. The molecule has 0 aliphatic carbocycles. The van der Waals surface area contributed by atoms with Crippen LogP contribution in [0.15, 0.2) is 12.3 Å². The Labute approximate surface area is 97.7 Å². The lowest BCUT2D eigenvalue weighted by Crippen LogP contribution is -2.20. The summed E-state index contributed by atoms with van der Waals surface area (Å²) in [6.07, 6.45) is 1.39. The molecule has 17 heavy (non-hydrogen) atoms. The second kappa shape index (κ2) is 5.42. The van der Waals surface area contributed by atoms with Gasteiger partial charge in [0, 0.05) is 19.7 Å². The Kier molecular flexibility index (Phi) is 3.96. The van der Waals surface area contributed by atoms with Crippen LogP contribution in [-0.4, -0.2) is 23.5 Å². The number of nitriles is 2. The van der Waals surface area contributed by atoms with Crippen molar-refractivity contribution >= 4 is 11.5 Å². The number of rotatable bonds is 4. The zero-order valence-electron chi connectivity index (χ0n) is 9.12. The van der Waals surface area contributed by atoms with Gasteiger partial charge in [0.1, 0.15) is 23.6 Å². The molecule has 0 saturated carbocycles. The highest BCUT2D eigenvalue weighted by atomic mass is 16.6. The summed E-state index contributed by atoms with van der Waals surface area (Å²) < 4.78 is 0. The molecule has 0 saturated heterocycles.